The van der Waals surface area contributed by atoms with E-state index < -0.39 is 71.6 Å². The van der Waals surface area contributed by atoms with Crippen LogP contribution >= 0.6 is 35.3 Å². The number of amides is 12. The zero-order valence-electron chi connectivity index (χ0n) is 20.3. The van der Waals surface area contributed by atoms with Gasteiger partial charge >= 0.3 is 53.5 Å². The van der Waals surface area contributed by atoms with Crippen molar-refractivity contribution in [3.8, 4) is 0 Å². The van der Waals surface area contributed by atoms with Crippen LogP contribution in [0.2, 0.25) is 0 Å². The third-order valence-corrected chi connectivity index (χ3v) is 4.41. The zero-order chi connectivity index (χ0) is 34.5. The Morgan fingerprint density at radius 1 is 0.488 bits per heavy atom. The fourth-order valence-corrected chi connectivity index (χ4v) is 1.87. The summed E-state index contributed by atoms with van der Waals surface area (Å²) < 4.78 is -1.15. The van der Waals surface area contributed by atoms with Gasteiger partial charge in [-0.25, -0.2) is 28.8 Å². The molecule has 0 radical (unpaired) electrons. The number of rotatable bonds is 9. The molecule has 12 amide bonds. The molecule has 3 atom stereocenters. The quantitative estimate of drug-likeness (QED) is 0.0602. The molecule has 43 heavy (non-hydrogen) atoms. The summed E-state index contributed by atoms with van der Waals surface area (Å²) in [6.45, 7) is 0. The van der Waals surface area contributed by atoms with Crippen LogP contribution in [0.5, 0.6) is 0 Å². The summed E-state index contributed by atoms with van der Waals surface area (Å²) in [6, 6.07) is -8.89. The number of aliphatic carboxylic acids is 3. The number of nitrogens with two attached hydrogens (primary N) is 6. The Kier molecular flexibility index (Phi) is 18.9. The Bertz CT molecular complexity index is 989. The monoisotopic (exact) mass is 702 g/mol. The van der Waals surface area contributed by atoms with E-state index in [0.29, 0.717) is 0 Å². The van der Waals surface area contributed by atoms with Crippen LogP contribution in [0.25, 0.3) is 0 Å². The molecule has 3 unspecified atom stereocenters. The minimum Gasteiger partial charge on any atom is -0.543 e. The van der Waals surface area contributed by atoms with Crippen LogP contribution in [0, 0.1) is 0 Å². The van der Waals surface area contributed by atoms with Gasteiger partial charge in [-0.3, -0.25) is 16.0 Å². The van der Waals surface area contributed by atoms with Gasteiger partial charge in [0.1, 0.15) is 17.9 Å². The molecule has 31 heteroatoms. The molecule has 18 N–H and O–H groups in total. The number of hydrogen-bond acceptors (Lipinski definition) is 15. The Balaban J connectivity index is -0.000000262. The molecule has 0 bridgehead atoms. The van der Waals surface area contributed by atoms with Crippen molar-refractivity contribution >= 4 is 107 Å². The van der Waals surface area contributed by atoms with E-state index in [9.17, 15) is 58.5 Å². The SMILES string of the molecule is NC(=O)NC(O)(C(=O)[O-])N(Cl)C(N)=O.NC(=O)NC(O)(C(=O)[O-])N(Cl)C(N)=O.NC(=O)NC(O)(C(=O)[O-])N(Cl)C(N)=O.[Al+3]. The van der Waals surface area contributed by atoms with E-state index in [1.54, 1.807) is 0 Å². The Hall–Kier alpha value is -4.69. The summed E-state index contributed by atoms with van der Waals surface area (Å²) in [5, 5.41) is 62.2. The standard InChI is InChI=1S/3C4H7ClN4O5.Al/c3*5-9(3(7)13)4(14,1(10)11)8-2(6)12;/h3*14H,(H2,7,13)(H,10,11)(H3,6,8,12);/q;;;+3/p-3. The van der Waals surface area contributed by atoms with Gasteiger partial charge < -0.3 is 79.4 Å². The number of halogens is 3. The van der Waals surface area contributed by atoms with Gasteiger partial charge in [0.15, 0.2) is 0 Å². The van der Waals surface area contributed by atoms with Crippen molar-refractivity contribution in [3.63, 3.8) is 0 Å². The maximum Gasteiger partial charge on any atom is 3.00 e. The molecule has 0 saturated heterocycles. The molecular weight excluding hydrogens is 686 g/mol. The molecule has 0 fully saturated rings. The predicted octanol–water partition coefficient (Wildman–Crippen LogP) is -10.6. The number of primary amides is 6. The first-order valence-electron chi connectivity index (χ1n) is 8.95. The second-order valence-corrected chi connectivity index (χ2v) is 7.22. The number of carbonyl (C=O) groups is 9. The first-order valence-corrected chi connectivity index (χ1v) is 9.97. The average molecular weight is 704 g/mol. The maximum atomic E-state index is 10.4. The second-order valence-electron chi connectivity index (χ2n) is 6.20. The molecule has 0 heterocycles. The van der Waals surface area contributed by atoms with Gasteiger partial charge in [-0.05, 0) is 0 Å². The van der Waals surface area contributed by atoms with Crippen LogP contribution in [0.4, 0.5) is 28.8 Å². The van der Waals surface area contributed by atoms with Crippen LogP contribution in [-0.2, 0) is 14.4 Å². The molecular formula is C12H18AlCl3N12O15. The molecule has 0 aromatic heterocycles. The second kappa shape index (κ2) is 18.0. The van der Waals surface area contributed by atoms with E-state index in [0.717, 1.165) is 0 Å². The molecule has 0 rings (SSSR count). The maximum absolute atomic E-state index is 10.4. The van der Waals surface area contributed by atoms with Crippen LogP contribution in [-0.4, -0.2) is 118 Å². The third kappa shape index (κ3) is 13.7. The number of carboxylic acids is 3. The largest absolute Gasteiger partial charge is 3.00 e. The molecule has 0 spiro atoms. The number of hydrogen-bond donors (Lipinski definition) is 12. The van der Waals surface area contributed by atoms with Gasteiger partial charge in [-0.15, -0.1) is 0 Å². The predicted molar refractivity (Wildman–Crippen MR) is 126 cm³/mol. The van der Waals surface area contributed by atoms with Gasteiger partial charge in [-0.2, -0.15) is 13.3 Å². The number of urea groups is 6. The normalized spacial score (nSPS) is 13.5. The van der Waals surface area contributed by atoms with Crippen LogP contribution in [0.3, 0.4) is 0 Å². The number of nitrogens with one attached hydrogen (secondary N) is 3. The van der Waals surface area contributed by atoms with Crippen LogP contribution in [0.1, 0.15) is 0 Å². The summed E-state index contributed by atoms with van der Waals surface area (Å²) in [4.78, 5) is 93.0. The fraction of sp³-hybridized carbons (Fsp3) is 0.250. The number of carboxylic acid groups (broad SMARTS) is 3. The Morgan fingerprint density at radius 3 is 0.698 bits per heavy atom. The summed E-state index contributed by atoms with van der Waals surface area (Å²) in [6.07, 6.45) is 0. The van der Waals surface area contributed by atoms with E-state index in [-0.39, 0.29) is 30.6 Å². The van der Waals surface area contributed by atoms with Crippen molar-refractivity contribution < 1.29 is 73.8 Å². The van der Waals surface area contributed by atoms with Crippen molar-refractivity contribution in [3.05, 3.63) is 0 Å². The number of carbonyl (C=O) groups excluding carboxylic acids is 9. The average Bonchev–Trinajstić information content (AvgIpc) is 2.81. The van der Waals surface area contributed by atoms with E-state index in [2.05, 4.69) is 34.4 Å². The molecule has 0 aliphatic carbocycles. The van der Waals surface area contributed by atoms with Crippen molar-refractivity contribution in [2.45, 2.75) is 17.5 Å². The fourth-order valence-electron chi connectivity index (χ4n) is 1.53. The first-order chi connectivity index (χ1) is 18.6. The molecule has 0 aliphatic rings. The summed E-state index contributed by atoms with van der Waals surface area (Å²) in [7, 11) is 0. The molecule has 0 aliphatic heterocycles. The van der Waals surface area contributed by atoms with Crippen molar-refractivity contribution in [2.75, 3.05) is 0 Å². The van der Waals surface area contributed by atoms with E-state index in [4.69, 9.17) is 50.6 Å². The van der Waals surface area contributed by atoms with Gasteiger partial charge in [-0.1, -0.05) is 0 Å². The van der Waals surface area contributed by atoms with E-state index >= 15 is 0 Å². The molecule has 0 aromatic carbocycles. The smallest absolute Gasteiger partial charge is 0.543 e. The molecule has 27 nitrogen and oxygen atoms in total. The third-order valence-electron chi connectivity index (χ3n) is 3.18. The topological polar surface area (TPSA) is 485 Å². The van der Waals surface area contributed by atoms with Crippen molar-refractivity contribution in [1.82, 2.24) is 29.2 Å². The summed E-state index contributed by atoms with van der Waals surface area (Å²) in [5.74, 6) is -16.7. The minimum atomic E-state index is -3.29. The van der Waals surface area contributed by atoms with Gasteiger partial charge in [0, 0.05) is 35.3 Å². The first kappa shape index (κ1) is 45.3. The Morgan fingerprint density at radius 2 is 0.628 bits per heavy atom. The van der Waals surface area contributed by atoms with E-state index in [1.165, 1.54) is 16.0 Å². The minimum absolute atomic E-state index is 0. The van der Waals surface area contributed by atoms with Crippen molar-refractivity contribution in [1.29, 1.82) is 0 Å². The molecule has 240 valence electrons. The van der Waals surface area contributed by atoms with Crippen molar-refractivity contribution in [2.24, 2.45) is 34.4 Å². The van der Waals surface area contributed by atoms with Crippen LogP contribution in [0.15, 0.2) is 0 Å². The molecule has 0 saturated carbocycles. The van der Waals surface area contributed by atoms with Gasteiger partial charge in [0.25, 0.3) is 17.5 Å². The summed E-state index contributed by atoms with van der Waals surface area (Å²) >= 11 is 14.9. The van der Waals surface area contributed by atoms with Gasteiger partial charge in [0.05, 0.1) is 0 Å². The van der Waals surface area contributed by atoms with Gasteiger partial charge in [0.2, 0.25) is 0 Å². The summed E-state index contributed by atoms with van der Waals surface area (Å²) in [5.41, 5.74) is 27.2. The molecule has 0 aromatic rings. The zero-order valence-corrected chi connectivity index (χ0v) is 23.7. The van der Waals surface area contributed by atoms with E-state index in [1.807, 2.05) is 0 Å². The number of aliphatic hydroxyl groups is 3. The number of nitrogens with zero attached hydrogens (tertiary/aromatic N) is 3. The van der Waals surface area contributed by atoms with Crippen LogP contribution < -0.4 is 65.7 Å². The Labute approximate surface area is 261 Å².